The van der Waals surface area contributed by atoms with E-state index in [1.807, 2.05) is 0 Å². The van der Waals surface area contributed by atoms with Crippen LogP contribution in [0.4, 0.5) is 18.9 Å². The highest BCUT2D eigenvalue weighted by Crippen LogP contribution is 2.34. The van der Waals surface area contributed by atoms with Crippen LogP contribution in [0.1, 0.15) is 37.4 Å². The molecule has 0 bridgehead atoms. The molecule has 0 saturated heterocycles. The molecule has 9 nitrogen and oxygen atoms in total. The average Bonchev–Trinajstić information content (AvgIpc) is 2.77. The number of hydrogen-bond acceptors (Lipinski definition) is 8. The molecule has 0 spiro atoms. The van der Waals surface area contributed by atoms with E-state index in [1.54, 1.807) is 13.0 Å². The number of pyridine rings is 1. The number of carbonyl (C=O) groups excluding carboxylic acids is 2. The molecule has 1 aromatic heterocycles. The maximum absolute atomic E-state index is 13.0. The molecule has 0 amide bonds. The lowest BCUT2D eigenvalue weighted by molar-refractivity contribution is -0.386. The molecule has 0 aliphatic heterocycles. The molecule has 0 fully saturated rings. The first-order valence-electron chi connectivity index (χ1n) is 9.82. The highest BCUT2D eigenvalue weighted by atomic mass is 19.4. The number of nitrogens with zero attached hydrogens (tertiary/aromatic N) is 2. The van der Waals surface area contributed by atoms with Crippen LogP contribution in [0.2, 0.25) is 0 Å². The second kappa shape index (κ2) is 9.79. The van der Waals surface area contributed by atoms with Crippen LogP contribution < -0.4 is 9.47 Å². The number of ether oxygens (including phenoxy) is 3. The SMILES string of the molecule is COC(=O)c1cc(C(=O)Oc2cc(C)cc(C)c2[N+](=O)[O-])cnc1Oc1cccc(C(F)(F)F)c1. The van der Waals surface area contributed by atoms with Gasteiger partial charge in [0, 0.05) is 11.8 Å². The predicted octanol–water partition coefficient (Wildman–Crippen LogP) is 5.42. The van der Waals surface area contributed by atoms with E-state index in [0.717, 1.165) is 31.5 Å². The Kier molecular flexibility index (Phi) is 7.04. The topological polar surface area (TPSA) is 118 Å². The third kappa shape index (κ3) is 5.72. The molecule has 2 aromatic carbocycles. The third-order valence-electron chi connectivity index (χ3n) is 4.66. The monoisotopic (exact) mass is 490 g/mol. The van der Waals surface area contributed by atoms with Gasteiger partial charge in [0.2, 0.25) is 11.6 Å². The van der Waals surface area contributed by atoms with Gasteiger partial charge < -0.3 is 14.2 Å². The molecule has 0 aliphatic carbocycles. The first-order valence-corrected chi connectivity index (χ1v) is 9.82. The quantitative estimate of drug-likeness (QED) is 0.194. The van der Waals surface area contributed by atoms with Crippen molar-refractivity contribution in [2.24, 2.45) is 0 Å². The van der Waals surface area contributed by atoms with Crippen LogP contribution in [0.5, 0.6) is 17.4 Å². The number of nitro benzene ring substituents is 1. The van der Waals surface area contributed by atoms with Gasteiger partial charge in [-0.25, -0.2) is 14.6 Å². The smallest absolute Gasteiger partial charge is 0.416 e. The minimum atomic E-state index is -4.62. The Morgan fingerprint density at radius 2 is 1.77 bits per heavy atom. The zero-order valence-electron chi connectivity index (χ0n) is 18.5. The second-order valence-corrected chi connectivity index (χ2v) is 7.27. The summed E-state index contributed by atoms with van der Waals surface area (Å²) in [4.78, 5) is 39.5. The fourth-order valence-electron chi connectivity index (χ4n) is 3.14. The van der Waals surface area contributed by atoms with E-state index in [1.165, 1.54) is 19.1 Å². The van der Waals surface area contributed by atoms with Gasteiger partial charge in [-0.3, -0.25) is 10.1 Å². The Balaban J connectivity index is 1.96. The van der Waals surface area contributed by atoms with Gasteiger partial charge in [-0.05, 0) is 55.8 Å². The van der Waals surface area contributed by atoms with Crippen molar-refractivity contribution in [1.82, 2.24) is 4.98 Å². The third-order valence-corrected chi connectivity index (χ3v) is 4.66. The second-order valence-electron chi connectivity index (χ2n) is 7.27. The molecule has 35 heavy (non-hydrogen) atoms. The Hall–Kier alpha value is -4.48. The lowest BCUT2D eigenvalue weighted by atomic mass is 10.1. The minimum Gasteiger partial charge on any atom is -0.465 e. The van der Waals surface area contributed by atoms with Gasteiger partial charge in [-0.15, -0.1) is 0 Å². The number of nitro groups is 1. The number of aryl methyl sites for hydroxylation is 2. The van der Waals surface area contributed by atoms with Gasteiger partial charge in [-0.2, -0.15) is 13.2 Å². The van der Waals surface area contributed by atoms with E-state index in [0.29, 0.717) is 11.6 Å². The summed E-state index contributed by atoms with van der Waals surface area (Å²) in [6.45, 7) is 3.14. The molecule has 0 aliphatic rings. The first-order chi connectivity index (χ1) is 16.4. The summed E-state index contributed by atoms with van der Waals surface area (Å²) in [6.07, 6.45) is -3.67. The Labute approximate surface area is 196 Å². The largest absolute Gasteiger partial charge is 0.465 e. The van der Waals surface area contributed by atoms with Crippen molar-refractivity contribution in [2.45, 2.75) is 20.0 Å². The molecular weight excluding hydrogens is 473 g/mol. The lowest BCUT2D eigenvalue weighted by Crippen LogP contribution is -2.14. The Bertz CT molecular complexity index is 1320. The van der Waals surface area contributed by atoms with E-state index in [2.05, 4.69) is 9.72 Å². The number of halogens is 3. The number of methoxy groups -OCH3 is 1. The average molecular weight is 490 g/mol. The van der Waals surface area contributed by atoms with Crippen LogP contribution in [0.25, 0.3) is 0 Å². The fourth-order valence-corrected chi connectivity index (χ4v) is 3.14. The van der Waals surface area contributed by atoms with Crippen molar-refractivity contribution in [3.05, 3.63) is 86.6 Å². The molecule has 182 valence electrons. The van der Waals surface area contributed by atoms with Gasteiger partial charge in [0.1, 0.15) is 11.3 Å². The highest BCUT2D eigenvalue weighted by Gasteiger charge is 2.31. The number of benzene rings is 2. The minimum absolute atomic E-state index is 0.265. The van der Waals surface area contributed by atoms with Gasteiger partial charge in [0.05, 0.1) is 23.2 Å². The van der Waals surface area contributed by atoms with Gasteiger partial charge in [0.25, 0.3) is 0 Å². The number of alkyl halides is 3. The number of esters is 2. The van der Waals surface area contributed by atoms with Crippen molar-refractivity contribution in [1.29, 1.82) is 0 Å². The van der Waals surface area contributed by atoms with Crippen LogP contribution in [0.3, 0.4) is 0 Å². The van der Waals surface area contributed by atoms with E-state index < -0.39 is 40.2 Å². The van der Waals surface area contributed by atoms with Crippen LogP contribution >= 0.6 is 0 Å². The molecule has 3 aromatic rings. The van der Waals surface area contributed by atoms with Crippen molar-refractivity contribution in [3.8, 4) is 17.4 Å². The Morgan fingerprint density at radius 3 is 2.40 bits per heavy atom. The van der Waals surface area contributed by atoms with Crippen molar-refractivity contribution in [3.63, 3.8) is 0 Å². The van der Waals surface area contributed by atoms with Gasteiger partial charge in [0.15, 0.2) is 0 Å². The molecule has 0 radical (unpaired) electrons. The molecule has 0 unspecified atom stereocenters. The Morgan fingerprint density at radius 1 is 1.06 bits per heavy atom. The molecule has 3 rings (SSSR count). The van der Waals surface area contributed by atoms with E-state index in [-0.39, 0.29) is 28.2 Å². The first kappa shape index (κ1) is 25.1. The predicted molar refractivity (Wildman–Crippen MR) is 115 cm³/mol. The summed E-state index contributed by atoms with van der Waals surface area (Å²) < 4.78 is 54.1. The maximum atomic E-state index is 13.0. The van der Waals surface area contributed by atoms with E-state index >= 15 is 0 Å². The maximum Gasteiger partial charge on any atom is 0.416 e. The van der Waals surface area contributed by atoms with Crippen molar-refractivity contribution >= 4 is 17.6 Å². The number of hydrogen-bond donors (Lipinski definition) is 0. The van der Waals surface area contributed by atoms with Crippen LogP contribution in [0, 0.1) is 24.0 Å². The fraction of sp³-hybridized carbons (Fsp3) is 0.174. The van der Waals surface area contributed by atoms with Gasteiger partial charge >= 0.3 is 23.8 Å². The van der Waals surface area contributed by atoms with Gasteiger partial charge in [-0.1, -0.05) is 6.07 Å². The van der Waals surface area contributed by atoms with Crippen molar-refractivity contribution < 1.29 is 41.9 Å². The molecule has 0 N–H and O–H groups in total. The zero-order valence-corrected chi connectivity index (χ0v) is 18.5. The number of carbonyl (C=O) groups is 2. The molecular formula is C23H17F3N2O7. The molecule has 0 saturated carbocycles. The molecule has 1 heterocycles. The standard InChI is InChI=1S/C23H17F3N2O7/c1-12-7-13(2)19(28(31)32)18(8-12)35-21(29)14-9-17(22(30)33-3)20(27-11-14)34-16-6-4-5-15(10-16)23(24,25)26/h4-11H,1-3H3. The van der Waals surface area contributed by atoms with E-state index in [4.69, 9.17) is 9.47 Å². The summed E-state index contributed by atoms with van der Waals surface area (Å²) in [5.74, 6) is -3.06. The number of rotatable bonds is 6. The summed E-state index contributed by atoms with van der Waals surface area (Å²) in [6, 6.07) is 7.74. The summed E-state index contributed by atoms with van der Waals surface area (Å²) >= 11 is 0. The number of aromatic nitrogens is 1. The summed E-state index contributed by atoms with van der Waals surface area (Å²) in [5.41, 5.74) is -1.17. The van der Waals surface area contributed by atoms with Crippen molar-refractivity contribution in [2.75, 3.05) is 7.11 Å². The lowest BCUT2D eigenvalue weighted by Gasteiger charge is -2.12. The summed E-state index contributed by atoms with van der Waals surface area (Å²) in [7, 11) is 1.04. The molecule has 12 heteroatoms. The van der Waals surface area contributed by atoms with Crippen LogP contribution in [0.15, 0.2) is 48.7 Å². The normalized spacial score (nSPS) is 11.0. The van der Waals surface area contributed by atoms with Crippen LogP contribution in [-0.2, 0) is 10.9 Å². The van der Waals surface area contributed by atoms with E-state index in [9.17, 15) is 32.9 Å². The van der Waals surface area contributed by atoms with Crippen LogP contribution in [-0.4, -0.2) is 29.0 Å². The summed E-state index contributed by atoms with van der Waals surface area (Å²) in [5, 5.41) is 11.4. The molecule has 0 atom stereocenters. The highest BCUT2D eigenvalue weighted by molar-refractivity contribution is 5.97. The zero-order chi connectivity index (χ0) is 25.9.